The molecule has 0 aliphatic carbocycles. The number of rotatable bonds is 6. The summed E-state index contributed by atoms with van der Waals surface area (Å²) in [4.78, 5) is 40.6. The zero-order valence-electron chi connectivity index (χ0n) is 16.6. The summed E-state index contributed by atoms with van der Waals surface area (Å²) in [7, 11) is 3.09. The van der Waals surface area contributed by atoms with Gasteiger partial charge in [0.15, 0.2) is 11.5 Å². The zero-order valence-corrected chi connectivity index (χ0v) is 16.6. The van der Waals surface area contributed by atoms with Crippen LogP contribution in [0.25, 0.3) is 0 Å². The van der Waals surface area contributed by atoms with Crippen molar-refractivity contribution in [2.75, 3.05) is 33.9 Å². The van der Waals surface area contributed by atoms with Crippen LogP contribution < -0.4 is 14.8 Å². The second kappa shape index (κ2) is 8.08. The molecule has 8 heteroatoms. The number of likely N-dealkylation sites (tertiary alicyclic amines) is 1. The van der Waals surface area contributed by atoms with E-state index in [1.165, 1.54) is 0 Å². The number of amides is 4. The van der Waals surface area contributed by atoms with Crippen molar-refractivity contribution in [1.82, 2.24) is 15.1 Å². The number of urea groups is 1. The van der Waals surface area contributed by atoms with Gasteiger partial charge in [0.05, 0.1) is 14.2 Å². The molecular weight excluding hydrogens is 362 g/mol. The van der Waals surface area contributed by atoms with Crippen LogP contribution in [0.3, 0.4) is 0 Å². The van der Waals surface area contributed by atoms with Gasteiger partial charge in [0, 0.05) is 19.5 Å². The molecule has 0 saturated carbocycles. The molecule has 1 unspecified atom stereocenters. The Morgan fingerprint density at radius 3 is 2.43 bits per heavy atom. The molecule has 8 nitrogen and oxygen atoms in total. The number of carbonyl (C=O) groups is 3. The second-order valence-corrected chi connectivity index (χ2v) is 7.46. The number of hydrogen-bond acceptors (Lipinski definition) is 5. The third-order valence-corrected chi connectivity index (χ3v) is 5.35. The Labute approximate surface area is 164 Å². The lowest BCUT2D eigenvalue weighted by Crippen LogP contribution is -2.47. The summed E-state index contributed by atoms with van der Waals surface area (Å²) in [5, 5.41) is 2.75. The van der Waals surface area contributed by atoms with Gasteiger partial charge in [0.25, 0.3) is 5.91 Å². The predicted molar refractivity (Wildman–Crippen MR) is 102 cm³/mol. The summed E-state index contributed by atoms with van der Waals surface area (Å²) in [5.41, 5.74) is -0.295. The number of hydrogen-bond donors (Lipinski definition) is 1. The maximum absolute atomic E-state index is 13.0. The van der Waals surface area contributed by atoms with E-state index in [1.807, 2.05) is 6.07 Å². The largest absolute Gasteiger partial charge is 0.493 e. The Bertz CT molecular complexity index is 775. The number of carbonyl (C=O) groups excluding carboxylic acids is 3. The average molecular weight is 389 g/mol. The van der Waals surface area contributed by atoms with Crippen molar-refractivity contribution in [2.24, 2.45) is 0 Å². The van der Waals surface area contributed by atoms with Crippen LogP contribution in [0.5, 0.6) is 11.5 Å². The molecule has 1 aromatic carbocycles. The van der Waals surface area contributed by atoms with E-state index < -0.39 is 17.5 Å². The van der Waals surface area contributed by atoms with Gasteiger partial charge in [0.2, 0.25) is 5.91 Å². The van der Waals surface area contributed by atoms with Gasteiger partial charge in [-0.2, -0.15) is 0 Å². The van der Waals surface area contributed by atoms with Crippen molar-refractivity contribution >= 4 is 17.8 Å². The molecular formula is C20H27N3O5. The number of nitrogens with zero attached hydrogens (tertiary/aromatic N) is 2. The molecule has 152 valence electrons. The quantitative estimate of drug-likeness (QED) is 0.746. The van der Waals surface area contributed by atoms with Crippen molar-refractivity contribution in [3.05, 3.63) is 23.8 Å². The minimum Gasteiger partial charge on any atom is -0.493 e. The van der Waals surface area contributed by atoms with Crippen LogP contribution in [0.1, 0.15) is 31.7 Å². The highest BCUT2D eigenvalue weighted by Gasteiger charge is 2.48. The predicted octanol–water partition coefficient (Wildman–Crippen LogP) is 1.57. The highest BCUT2D eigenvalue weighted by molar-refractivity contribution is 6.08. The summed E-state index contributed by atoms with van der Waals surface area (Å²) >= 11 is 0. The molecule has 2 fully saturated rings. The Kier molecular flexibility index (Phi) is 5.76. The van der Waals surface area contributed by atoms with Crippen LogP contribution in [0, 0.1) is 0 Å². The van der Waals surface area contributed by atoms with Crippen molar-refractivity contribution in [1.29, 1.82) is 0 Å². The van der Waals surface area contributed by atoms with Crippen LogP contribution in [0.15, 0.2) is 18.2 Å². The van der Waals surface area contributed by atoms with Gasteiger partial charge in [-0.1, -0.05) is 6.07 Å². The molecule has 1 N–H and O–H groups in total. The number of piperidine rings is 1. The van der Waals surface area contributed by atoms with E-state index in [1.54, 1.807) is 38.2 Å². The van der Waals surface area contributed by atoms with E-state index in [4.69, 9.17) is 9.47 Å². The van der Waals surface area contributed by atoms with Gasteiger partial charge < -0.3 is 19.7 Å². The second-order valence-electron chi connectivity index (χ2n) is 7.46. The molecule has 1 aromatic rings. The van der Waals surface area contributed by atoms with E-state index in [2.05, 4.69) is 5.32 Å². The summed E-state index contributed by atoms with van der Waals surface area (Å²) in [6, 6.07) is 4.84. The highest BCUT2D eigenvalue weighted by atomic mass is 16.5. The van der Waals surface area contributed by atoms with Gasteiger partial charge in [0.1, 0.15) is 12.1 Å². The first kappa shape index (κ1) is 20.0. The van der Waals surface area contributed by atoms with Gasteiger partial charge in [-0.15, -0.1) is 0 Å². The first-order valence-corrected chi connectivity index (χ1v) is 9.51. The van der Waals surface area contributed by atoms with Gasteiger partial charge in [-0.05, 0) is 43.9 Å². The summed E-state index contributed by atoms with van der Waals surface area (Å²) < 4.78 is 10.5. The van der Waals surface area contributed by atoms with Crippen LogP contribution in [-0.2, 0) is 16.0 Å². The van der Waals surface area contributed by atoms with E-state index in [0.29, 0.717) is 24.6 Å². The Hall–Kier alpha value is -2.77. The number of imide groups is 1. The maximum atomic E-state index is 13.0. The first-order chi connectivity index (χ1) is 13.4. The van der Waals surface area contributed by atoms with Gasteiger partial charge >= 0.3 is 6.03 Å². The fourth-order valence-electron chi connectivity index (χ4n) is 3.79. The van der Waals surface area contributed by atoms with Gasteiger partial charge in [-0.3, -0.25) is 14.5 Å². The fourth-order valence-corrected chi connectivity index (χ4v) is 3.79. The molecule has 3 rings (SSSR count). The zero-order chi connectivity index (χ0) is 20.3. The van der Waals surface area contributed by atoms with E-state index in [0.717, 1.165) is 29.7 Å². The lowest BCUT2D eigenvalue weighted by molar-refractivity contribution is -0.139. The van der Waals surface area contributed by atoms with E-state index in [9.17, 15) is 14.4 Å². The summed E-state index contributed by atoms with van der Waals surface area (Å²) in [6.07, 6.45) is 3.31. The van der Waals surface area contributed by atoms with Crippen LogP contribution in [0.4, 0.5) is 4.79 Å². The Morgan fingerprint density at radius 2 is 1.79 bits per heavy atom. The first-order valence-electron chi connectivity index (χ1n) is 9.51. The molecule has 2 heterocycles. The molecule has 2 saturated heterocycles. The van der Waals surface area contributed by atoms with Crippen LogP contribution in [0.2, 0.25) is 0 Å². The molecule has 0 bridgehead atoms. The molecule has 2 aliphatic heterocycles. The number of benzene rings is 1. The average Bonchev–Trinajstić information content (AvgIpc) is 2.91. The number of methoxy groups -OCH3 is 2. The monoisotopic (exact) mass is 389 g/mol. The summed E-state index contributed by atoms with van der Waals surface area (Å²) in [5.74, 6) is 0.570. The molecule has 1 atom stereocenters. The standard InChI is InChI=1S/C20H27N3O5/c1-20(12-14-7-8-15(27-2)16(11-14)28-3)18(25)23(19(26)21-20)13-17(24)22-9-5-4-6-10-22/h7-8,11H,4-6,9-10,12-13H2,1-3H3,(H,21,26). The van der Waals surface area contributed by atoms with Crippen molar-refractivity contribution in [3.8, 4) is 11.5 Å². The van der Waals surface area contributed by atoms with Gasteiger partial charge in [-0.25, -0.2) is 4.79 Å². The van der Waals surface area contributed by atoms with Crippen molar-refractivity contribution in [2.45, 2.75) is 38.1 Å². The van der Waals surface area contributed by atoms with E-state index in [-0.39, 0.29) is 18.9 Å². The van der Waals surface area contributed by atoms with Crippen LogP contribution in [-0.4, -0.2) is 67.0 Å². The lowest BCUT2D eigenvalue weighted by atomic mass is 9.92. The molecule has 2 aliphatic rings. The Morgan fingerprint density at radius 1 is 1.11 bits per heavy atom. The Balaban J connectivity index is 1.71. The smallest absolute Gasteiger partial charge is 0.325 e. The lowest BCUT2D eigenvalue weighted by Gasteiger charge is -2.28. The molecule has 0 spiro atoms. The molecule has 0 radical (unpaired) electrons. The maximum Gasteiger partial charge on any atom is 0.325 e. The minimum absolute atomic E-state index is 0.182. The molecule has 0 aromatic heterocycles. The number of ether oxygens (including phenoxy) is 2. The highest BCUT2D eigenvalue weighted by Crippen LogP contribution is 2.30. The third kappa shape index (κ3) is 3.90. The molecule has 4 amide bonds. The third-order valence-electron chi connectivity index (χ3n) is 5.35. The molecule has 28 heavy (non-hydrogen) atoms. The normalized spacial score (nSPS) is 22.2. The van der Waals surface area contributed by atoms with Crippen molar-refractivity contribution < 1.29 is 23.9 Å². The van der Waals surface area contributed by atoms with Crippen molar-refractivity contribution in [3.63, 3.8) is 0 Å². The topological polar surface area (TPSA) is 88.2 Å². The summed E-state index contributed by atoms with van der Waals surface area (Å²) in [6.45, 7) is 2.83. The van der Waals surface area contributed by atoms with E-state index >= 15 is 0 Å². The minimum atomic E-state index is -1.11. The van der Waals surface area contributed by atoms with Crippen LogP contribution >= 0.6 is 0 Å². The number of nitrogens with one attached hydrogen (secondary N) is 1. The SMILES string of the molecule is COc1ccc(CC2(C)NC(=O)N(CC(=O)N3CCCCC3)C2=O)cc1OC. The fraction of sp³-hybridized carbons (Fsp3) is 0.550.